The Kier molecular flexibility index (Phi) is 9.35. The minimum absolute atomic E-state index is 0.00484. The quantitative estimate of drug-likeness (QED) is 0.389. The highest BCUT2D eigenvalue weighted by Crippen LogP contribution is 2.32. The standard InChI is InChI=1S/C28H31F3N4O6/c29-28(30,31)41-23-9-7-21(8-10-23)33-27(40)35(22-12-15-34(16-13-22)26(39)20-5-6-20)17-18-1-3-19(4-2-18)25(38)32-14-11-24(36)37/h1-4,7-10,20,22H,5-6,11-17H2,(H,32,38)(H,33,40)(H,36,37). The normalized spacial score (nSPS) is 15.6. The minimum Gasteiger partial charge on any atom is -0.481 e. The first kappa shape index (κ1) is 29.7. The van der Waals surface area contributed by atoms with E-state index in [1.165, 1.54) is 12.1 Å². The highest BCUT2D eigenvalue weighted by Gasteiger charge is 2.36. The Morgan fingerprint density at radius 2 is 1.59 bits per heavy atom. The van der Waals surface area contributed by atoms with Crippen LogP contribution in [-0.2, 0) is 16.1 Å². The average molecular weight is 577 g/mol. The number of carboxylic acid groups (broad SMARTS) is 1. The fourth-order valence-electron chi connectivity index (χ4n) is 4.63. The number of nitrogens with zero attached hydrogens (tertiary/aromatic N) is 2. The molecule has 4 rings (SSSR count). The van der Waals surface area contributed by atoms with E-state index in [2.05, 4.69) is 15.4 Å². The Balaban J connectivity index is 1.43. The molecule has 0 radical (unpaired) electrons. The molecule has 1 heterocycles. The molecule has 2 aliphatic rings. The SMILES string of the molecule is O=C(O)CCNC(=O)c1ccc(CN(C(=O)Nc2ccc(OC(F)(F)F)cc2)C2CCN(C(=O)C3CC3)CC2)cc1. The topological polar surface area (TPSA) is 128 Å². The molecule has 0 bridgehead atoms. The number of piperidine rings is 1. The van der Waals surface area contributed by atoms with E-state index in [0.29, 0.717) is 31.5 Å². The van der Waals surface area contributed by atoms with Gasteiger partial charge in [-0.1, -0.05) is 12.1 Å². The number of urea groups is 1. The van der Waals surface area contributed by atoms with Gasteiger partial charge in [0.2, 0.25) is 5.91 Å². The van der Waals surface area contributed by atoms with Crippen molar-refractivity contribution in [2.24, 2.45) is 5.92 Å². The lowest BCUT2D eigenvalue weighted by atomic mass is 10.0. The summed E-state index contributed by atoms with van der Waals surface area (Å²) in [5.41, 5.74) is 1.35. The van der Waals surface area contributed by atoms with Crippen LogP contribution in [0.5, 0.6) is 5.75 Å². The highest BCUT2D eigenvalue weighted by atomic mass is 19.4. The van der Waals surface area contributed by atoms with E-state index in [0.717, 1.165) is 30.5 Å². The number of carboxylic acids is 1. The van der Waals surface area contributed by atoms with E-state index in [-0.39, 0.29) is 43.1 Å². The lowest BCUT2D eigenvalue weighted by molar-refractivity contribution is -0.274. The van der Waals surface area contributed by atoms with Crippen molar-refractivity contribution in [1.29, 1.82) is 0 Å². The van der Waals surface area contributed by atoms with E-state index in [1.54, 1.807) is 29.2 Å². The zero-order valence-corrected chi connectivity index (χ0v) is 22.2. The van der Waals surface area contributed by atoms with Crippen LogP contribution in [0.1, 0.15) is 48.0 Å². The molecule has 0 atom stereocenters. The van der Waals surface area contributed by atoms with Crippen molar-refractivity contribution >= 4 is 29.5 Å². The van der Waals surface area contributed by atoms with Crippen LogP contribution in [0.25, 0.3) is 0 Å². The number of ether oxygens (including phenoxy) is 1. The number of likely N-dealkylation sites (tertiary alicyclic amines) is 1. The predicted molar refractivity (Wildman–Crippen MR) is 141 cm³/mol. The smallest absolute Gasteiger partial charge is 0.481 e. The summed E-state index contributed by atoms with van der Waals surface area (Å²) in [6.07, 6.45) is -2.08. The van der Waals surface area contributed by atoms with Gasteiger partial charge in [0.05, 0.1) is 6.42 Å². The van der Waals surface area contributed by atoms with Crippen LogP contribution < -0.4 is 15.4 Å². The lowest BCUT2D eigenvalue weighted by Crippen LogP contribution is -2.49. The molecule has 1 aliphatic heterocycles. The number of halogens is 3. The average Bonchev–Trinajstić information content (AvgIpc) is 3.77. The molecule has 41 heavy (non-hydrogen) atoms. The number of hydrogen-bond acceptors (Lipinski definition) is 5. The predicted octanol–water partition coefficient (Wildman–Crippen LogP) is 4.22. The van der Waals surface area contributed by atoms with Crippen molar-refractivity contribution in [3.63, 3.8) is 0 Å². The van der Waals surface area contributed by atoms with E-state index < -0.39 is 30.0 Å². The molecule has 10 nitrogen and oxygen atoms in total. The molecular formula is C28H31F3N4O6. The maximum absolute atomic E-state index is 13.4. The number of anilines is 1. The minimum atomic E-state index is -4.83. The second-order valence-corrected chi connectivity index (χ2v) is 10.1. The first-order valence-electron chi connectivity index (χ1n) is 13.3. The fraction of sp³-hybridized carbons (Fsp3) is 0.429. The Hall–Kier alpha value is -4.29. The number of carbonyl (C=O) groups is 4. The Morgan fingerprint density at radius 1 is 0.951 bits per heavy atom. The lowest BCUT2D eigenvalue weighted by Gasteiger charge is -2.38. The van der Waals surface area contributed by atoms with Crippen molar-refractivity contribution in [3.05, 3.63) is 59.7 Å². The molecule has 1 aliphatic carbocycles. The number of hydrogen-bond donors (Lipinski definition) is 3. The zero-order chi connectivity index (χ0) is 29.6. The highest BCUT2D eigenvalue weighted by molar-refractivity contribution is 5.94. The van der Waals surface area contributed by atoms with Gasteiger partial charge in [0.25, 0.3) is 5.91 Å². The van der Waals surface area contributed by atoms with Crippen LogP contribution in [0, 0.1) is 5.92 Å². The molecule has 0 aromatic heterocycles. The molecule has 2 aromatic rings. The van der Waals surface area contributed by atoms with Gasteiger partial charge in [-0.3, -0.25) is 14.4 Å². The van der Waals surface area contributed by atoms with Crippen molar-refractivity contribution in [2.45, 2.75) is 51.1 Å². The van der Waals surface area contributed by atoms with Crippen LogP contribution in [0.4, 0.5) is 23.7 Å². The molecular weight excluding hydrogens is 545 g/mol. The summed E-state index contributed by atoms with van der Waals surface area (Å²) in [6.45, 7) is 1.21. The monoisotopic (exact) mass is 576 g/mol. The van der Waals surface area contributed by atoms with Crippen LogP contribution in [0.3, 0.4) is 0 Å². The van der Waals surface area contributed by atoms with E-state index in [1.807, 2.05) is 4.90 Å². The summed E-state index contributed by atoms with van der Waals surface area (Å²) >= 11 is 0. The van der Waals surface area contributed by atoms with Gasteiger partial charge < -0.3 is 30.3 Å². The van der Waals surface area contributed by atoms with Crippen molar-refractivity contribution in [2.75, 3.05) is 25.0 Å². The maximum atomic E-state index is 13.4. The number of amides is 4. The van der Waals surface area contributed by atoms with Gasteiger partial charge >= 0.3 is 18.4 Å². The van der Waals surface area contributed by atoms with Gasteiger partial charge in [0.1, 0.15) is 5.75 Å². The molecule has 0 unspecified atom stereocenters. The van der Waals surface area contributed by atoms with Gasteiger partial charge in [-0.15, -0.1) is 13.2 Å². The molecule has 2 aromatic carbocycles. The number of nitrogens with one attached hydrogen (secondary N) is 2. The third kappa shape index (κ3) is 8.85. The maximum Gasteiger partial charge on any atom is 0.573 e. The zero-order valence-electron chi connectivity index (χ0n) is 22.2. The van der Waals surface area contributed by atoms with Crippen LogP contribution >= 0.6 is 0 Å². The van der Waals surface area contributed by atoms with E-state index >= 15 is 0 Å². The fourth-order valence-corrected chi connectivity index (χ4v) is 4.63. The summed E-state index contributed by atoms with van der Waals surface area (Å²) in [5.74, 6) is -1.59. The van der Waals surface area contributed by atoms with Crippen molar-refractivity contribution in [1.82, 2.24) is 15.1 Å². The number of carbonyl (C=O) groups excluding carboxylic acids is 3. The first-order chi connectivity index (χ1) is 19.5. The molecule has 0 spiro atoms. The second-order valence-electron chi connectivity index (χ2n) is 10.1. The molecule has 1 saturated heterocycles. The molecule has 4 amide bonds. The molecule has 220 valence electrons. The Bertz CT molecular complexity index is 1240. The number of benzene rings is 2. The van der Waals surface area contributed by atoms with Crippen molar-refractivity contribution in [3.8, 4) is 5.75 Å². The molecule has 2 fully saturated rings. The van der Waals surface area contributed by atoms with Gasteiger partial charge in [-0.25, -0.2) is 4.79 Å². The summed E-state index contributed by atoms with van der Waals surface area (Å²) in [5, 5.41) is 14.0. The number of rotatable bonds is 10. The summed E-state index contributed by atoms with van der Waals surface area (Å²) < 4.78 is 41.3. The van der Waals surface area contributed by atoms with Crippen molar-refractivity contribution < 1.29 is 42.2 Å². The number of alkyl halides is 3. The molecule has 3 N–H and O–H groups in total. The largest absolute Gasteiger partial charge is 0.573 e. The second kappa shape index (κ2) is 12.9. The molecule has 13 heteroatoms. The third-order valence-electron chi connectivity index (χ3n) is 6.94. The Morgan fingerprint density at radius 3 is 2.15 bits per heavy atom. The summed E-state index contributed by atoms with van der Waals surface area (Å²) in [7, 11) is 0. The first-order valence-corrected chi connectivity index (χ1v) is 13.3. The number of aliphatic carboxylic acids is 1. The van der Waals surface area contributed by atoms with Gasteiger partial charge in [-0.2, -0.15) is 0 Å². The van der Waals surface area contributed by atoms with Gasteiger partial charge in [0.15, 0.2) is 0 Å². The third-order valence-corrected chi connectivity index (χ3v) is 6.94. The summed E-state index contributed by atoms with van der Waals surface area (Å²) in [6, 6.07) is 10.7. The van der Waals surface area contributed by atoms with Gasteiger partial charge in [-0.05, 0) is 67.6 Å². The Labute approximate surface area is 234 Å². The summed E-state index contributed by atoms with van der Waals surface area (Å²) in [4.78, 5) is 52.3. The van der Waals surface area contributed by atoms with Crippen LogP contribution in [-0.4, -0.2) is 70.8 Å². The van der Waals surface area contributed by atoms with E-state index in [9.17, 15) is 32.3 Å². The molecule has 1 saturated carbocycles. The van der Waals surface area contributed by atoms with Crippen LogP contribution in [0.2, 0.25) is 0 Å². The van der Waals surface area contributed by atoms with E-state index in [4.69, 9.17) is 5.11 Å². The van der Waals surface area contributed by atoms with Gasteiger partial charge in [0, 0.05) is 49.4 Å². The van der Waals surface area contributed by atoms with Crippen LogP contribution in [0.15, 0.2) is 48.5 Å².